The minimum absolute atomic E-state index is 0.104. The fourth-order valence-electron chi connectivity index (χ4n) is 2.63. The third kappa shape index (κ3) is 3.01. The fraction of sp³-hybridized carbons (Fsp3) is 1.00. The quantitative estimate of drug-likeness (QED) is 0.815. The summed E-state index contributed by atoms with van der Waals surface area (Å²) >= 11 is 1.83. The summed E-state index contributed by atoms with van der Waals surface area (Å²) in [6.07, 6.45) is 1.98. The molecule has 106 valence electrons. The van der Waals surface area contributed by atoms with Crippen LogP contribution in [-0.4, -0.2) is 60.8 Å². The van der Waals surface area contributed by atoms with Gasteiger partial charge < -0.3 is 5.73 Å². The van der Waals surface area contributed by atoms with Crippen LogP contribution in [0.3, 0.4) is 0 Å². The molecule has 0 aliphatic carbocycles. The molecule has 2 N–H and O–H groups in total. The Morgan fingerprint density at radius 1 is 1.39 bits per heavy atom. The summed E-state index contributed by atoms with van der Waals surface area (Å²) in [4.78, 5) is 0. The van der Waals surface area contributed by atoms with E-state index in [2.05, 4.69) is 0 Å². The topological polar surface area (TPSA) is 66.6 Å². The second-order valence-electron chi connectivity index (χ2n) is 5.14. The molecule has 0 saturated carbocycles. The molecule has 0 radical (unpaired) electrons. The predicted octanol–water partition coefficient (Wildman–Crippen LogP) is 0.339. The number of hydrogen-bond acceptors (Lipinski definition) is 4. The van der Waals surface area contributed by atoms with Gasteiger partial charge in [0.25, 0.3) is 10.2 Å². The number of rotatable bonds is 3. The molecule has 18 heavy (non-hydrogen) atoms. The maximum Gasteiger partial charge on any atom is 0.282 e. The standard InChI is InChI=1S/C11H23N3O2S2/c1-10-9-17-6-5-14(10)18(15,16)13-4-2-3-11(7-12)8-13/h10-11H,2-9,12H2,1H3. The van der Waals surface area contributed by atoms with E-state index < -0.39 is 10.2 Å². The molecule has 0 aromatic carbocycles. The molecule has 0 aromatic rings. The van der Waals surface area contributed by atoms with E-state index in [1.54, 1.807) is 8.61 Å². The lowest BCUT2D eigenvalue weighted by molar-refractivity contribution is 0.243. The Hall–Kier alpha value is 0.180. The molecule has 2 atom stereocenters. The van der Waals surface area contributed by atoms with Crippen molar-refractivity contribution in [3.63, 3.8) is 0 Å². The zero-order chi connectivity index (χ0) is 13.2. The average Bonchev–Trinajstić information content (AvgIpc) is 2.39. The Morgan fingerprint density at radius 3 is 2.83 bits per heavy atom. The van der Waals surface area contributed by atoms with E-state index in [1.807, 2.05) is 18.7 Å². The summed E-state index contributed by atoms with van der Waals surface area (Å²) in [6.45, 7) is 4.45. The molecule has 0 amide bonds. The van der Waals surface area contributed by atoms with E-state index >= 15 is 0 Å². The van der Waals surface area contributed by atoms with Crippen molar-refractivity contribution < 1.29 is 8.42 Å². The Bertz CT molecular complexity index is 374. The van der Waals surface area contributed by atoms with Gasteiger partial charge in [-0.2, -0.15) is 28.8 Å². The van der Waals surface area contributed by atoms with E-state index in [4.69, 9.17) is 5.73 Å². The molecule has 7 heteroatoms. The van der Waals surface area contributed by atoms with E-state index in [-0.39, 0.29) is 6.04 Å². The second kappa shape index (κ2) is 6.09. The average molecular weight is 293 g/mol. The lowest BCUT2D eigenvalue weighted by atomic mass is 10.0. The Morgan fingerprint density at radius 2 is 2.17 bits per heavy atom. The first-order chi connectivity index (χ1) is 8.55. The van der Waals surface area contributed by atoms with Gasteiger partial charge in [-0.15, -0.1) is 0 Å². The van der Waals surface area contributed by atoms with Crippen molar-refractivity contribution in [2.75, 3.05) is 37.7 Å². The summed E-state index contributed by atoms with van der Waals surface area (Å²) in [7, 11) is -3.28. The van der Waals surface area contributed by atoms with Crippen LogP contribution in [0.4, 0.5) is 0 Å². The van der Waals surface area contributed by atoms with Gasteiger partial charge in [-0.05, 0) is 32.2 Å². The van der Waals surface area contributed by atoms with Crippen molar-refractivity contribution in [1.29, 1.82) is 0 Å². The van der Waals surface area contributed by atoms with Gasteiger partial charge in [-0.25, -0.2) is 0 Å². The first kappa shape index (κ1) is 14.6. The largest absolute Gasteiger partial charge is 0.330 e. The van der Waals surface area contributed by atoms with Crippen LogP contribution in [0.5, 0.6) is 0 Å². The van der Waals surface area contributed by atoms with Gasteiger partial charge in [0.2, 0.25) is 0 Å². The molecule has 0 bridgehead atoms. The normalized spacial score (nSPS) is 32.6. The van der Waals surface area contributed by atoms with Crippen molar-refractivity contribution >= 4 is 22.0 Å². The van der Waals surface area contributed by atoms with Crippen LogP contribution in [-0.2, 0) is 10.2 Å². The van der Waals surface area contributed by atoms with Crippen LogP contribution >= 0.6 is 11.8 Å². The molecule has 2 rings (SSSR count). The summed E-state index contributed by atoms with van der Waals surface area (Å²) in [5.41, 5.74) is 5.68. The molecule has 2 saturated heterocycles. The van der Waals surface area contributed by atoms with Crippen LogP contribution in [0.25, 0.3) is 0 Å². The van der Waals surface area contributed by atoms with Gasteiger partial charge >= 0.3 is 0 Å². The van der Waals surface area contributed by atoms with E-state index in [0.717, 1.165) is 24.3 Å². The third-order valence-electron chi connectivity index (χ3n) is 3.74. The molecular formula is C11H23N3O2S2. The van der Waals surface area contributed by atoms with Gasteiger partial charge in [-0.3, -0.25) is 0 Å². The van der Waals surface area contributed by atoms with Gasteiger partial charge in [0.05, 0.1) is 0 Å². The highest BCUT2D eigenvalue weighted by molar-refractivity contribution is 7.99. The summed E-state index contributed by atoms with van der Waals surface area (Å²) in [5.74, 6) is 2.12. The molecule has 0 spiro atoms. The van der Waals surface area contributed by atoms with E-state index in [0.29, 0.717) is 32.1 Å². The van der Waals surface area contributed by atoms with Gasteiger partial charge in [0.1, 0.15) is 0 Å². The van der Waals surface area contributed by atoms with Gasteiger partial charge in [0, 0.05) is 37.2 Å². The van der Waals surface area contributed by atoms with Crippen LogP contribution in [0.1, 0.15) is 19.8 Å². The SMILES string of the molecule is CC1CSCCN1S(=O)(=O)N1CCCC(CN)C1. The van der Waals surface area contributed by atoms with Crippen LogP contribution < -0.4 is 5.73 Å². The zero-order valence-electron chi connectivity index (χ0n) is 10.9. The highest BCUT2D eigenvalue weighted by atomic mass is 32.2. The molecule has 2 aliphatic rings. The predicted molar refractivity (Wildman–Crippen MR) is 75.8 cm³/mol. The van der Waals surface area contributed by atoms with E-state index in [9.17, 15) is 8.42 Å². The van der Waals surface area contributed by atoms with Crippen LogP contribution in [0.15, 0.2) is 0 Å². The fourth-order valence-corrected chi connectivity index (χ4v) is 5.76. The van der Waals surface area contributed by atoms with Crippen molar-refractivity contribution in [3.8, 4) is 0 Å². The number of nitrogens with two attached hydrogens (primary N) is 1. The van der Waals surface area contributed by atoms with E-state index in [1.165, 1.54) is 0 Å². The molecule has 2 aliphatic heterocycles. The van der Waals surface area contributed by atoms with Gasteiger partial charge in [0.15, 0.2) is 0 Å². The smallest absolute Gasteiger partial charge is 0.282 e. The second-order valence-corrected chi connectivity index (χ2v) is 8.18. The van der Waals surface area contributed by atoms with Crippen molar-refractivity contribution in [3.05, 3.63) is 0 Å². The monoisotopic (exact) mass is 293 g/mol. The maximum absolute atomic E-state index is 12.6. The molecular weight excluding hydrogens is 270 g/mol. The molecule has 2 unspecified atom stereocenters. The van der Waals surface area contributed by atoms with Crippen molar-refractivity contribution in [2.24, 2.45) is 11.7 Å². The Kier molecular flexibility index (Phi) is 4.93. The molecule has 2 fully saturated rings. The number of hydrogen-bond donors (Lipinski definition) is 1. The molecule has 0 aromatic heterocycles. The van der Waals surface area contributed by atoms with Gasteiger partial charge in [-0.1, -0.05) is 0 Å². The zero-order valence-corrected chi connectivity index (χ0v) is 12.5. The molecule has 2 heterocycles. The number of nitrogens with zero attached hydrogens (tertiary/aromatic N) is 2. The first-order valence-electron chi connectivity index (χ1n) is 6.60. The van der Waals surface area contributed by atoms with Crippen LogP contribution in [0, 0.1) is 5.92 Å². The lowest BCUT2D eigenvalue weighted by Crippen LogP contribution is -2.53. The highest BCUT2D eigenvalue weighted by Crippen LogP contribution is 2.25. The minimum Gasteiger partial charge on any atom is -0.330 e. The Labute approximate surface area is 114 Å². The Balaban J connectivity index is 2.09. The van der Waals surface area contributed by atoms with Crippen molar-refractivity contribution in [2.45, 2.75) is 25.8 Å². The minimum atomic E-state index is -3.28. The van der Waals surface area contributed by atoms with Crippen molar-refractivity contribution in [1.82, 2.24) is 8.61 Å². The molecule has 5 nitrogen and oxygen atoms in total. The summed E-state index contributed by atoms with van der Waals surface area (Å²) < 4.78 is 28.5. The summed E-state index contributed by atoms with van der Waals surface area (Å²) in [5, 5.41) is 0. The maximum atomic E-state index is 12.6. The number of piperidine rings is 1. The summed E-state index contributed by atoms with van der Waals surface area (Å²) in [6, 6.07) is 0.104. The van der Waals surface area contributed by atoms with Crippen LogP contribution in [0.2, 0.25) is 0 Å². The highest BCUT2D eigenvalue weighted by Gasteiger charge is 2.36. The lowest BCUT2D eigenvalue weighted by Gasteiger charge is -2.39. The number of thioether (sulfide) groups is 1. The third-order valence-corrected chi connectivity index (χ3v) is 7.05. The first-order valence-corrected chi connectivity index (χ1v) is 9.15.